The molecule has 1 fully saturated rings. The molecule has 0 spiro atoms. The number of ether oxygens (including phenoxy) is 2. The van der Waals surface area contributed by atoms with Crippen molar-refractivity contribution in [1.29, 1.82) is 0 Å². The summed E-state index contributed by atoms with van der Waals surface area (Å²) in [6.07, 6.45) is 2.16. The lowest BCUT2D eigenvalue weighted by molar-refractivity contribution is 0.354. The Morgan fingerprint density at radius 1 is 1.11 bits per heavy atom. The van der Waals surface area contributed by atoms with Gasteiger partial charge in [0.1, 0.15) is 0 Å². The summed E-state index contributed by atoms with van der Waals surface area (Å²) in [5.74, 6) is 3.85. The average Bonchev–Trinajstić information content (AvgIpc) is 3.52. The van der Waals surface area contributed by atoms with Crippen LogP contribution in [0.1, 0.15) is 23.5 Å². The molecular weight excluding hydrogens is 350 g/mol. The quantitative estimate of drug-likeness (QED) is 0.561. The highest BCUT2D eigenvalue weighted by molar-refractivity contribution is 5.79. The Bertz CT molecular complexity index is 792. The predicted molar refractivity (Wildman–Crippen MR) is 115 cm³/mol. The van der Waals surface area contributed by atoms with E-state index in [1.807, 2.05) is 19.2 Å². The van der Waals surface area contributed by atoms with Gasteiger partial charge in [-0.25, -0.2) is 0 Å². The molecule has 0 radical (unpaired) electrons. The van der Waals surface area contributed by atoms with E-state index < -0.39 is 0 Å². The summed E-state index contributed by atoms with van der Waals surface area (Å²) in [6.45, 7) is 1.84. The number of benzene rings is 2. The number of nitrogens with one attached hydrogen (secondary N) is 1. The Balaban J connectivity index is 1.47. The van der Waals surface area contributed by atoms with Crippen molar-refractivity contribution >= 4 is 5.96 Å². The Morgan fingerprint density at radius 2 is 1.86 bits per heavy atom. The van der Waals surface area contributed by atoms with E-state index in [9.17, 15) is 0 Å². The van der Waals surface area contributed by atoms with Gasteiger partial charge in [0.05, 0.1) is 14.2 Å². The molecule has 28 heavy (non-hydrogen) atoms. The molecule has 1 saturated carbocycles. The van der Waals surface area contributed by atoms with Crippen molar-refractivity contribution in [3.05, 3.63) is 59.7 Å². The first-order valence-corrected chi connectivity index (χ1v) is 9.84. The number of nitrogens with zero attached hydrogens (tertiary/aromatic N) is 2. The van der Waals surface area contributed by atoms with E-state index in [1.165, 1.54) is 17.5 Å². The monoisotopic (exact) mass is 381 g/mol. The van der Waals surface area contributed by atoms with Crippen LogP contribution in [0, 0.1) is 5.92 Å². The van der Waals surface area contributed by atoms with Gasteiger partial charge < -0.3 is 19.7 Å². The van der Waals surface area contributed by atoms with Crippen molar-refractivity contribution in [1.82, 2.24) is 10.2 Å². The highest BCUT2D eigenvalue weighted by Crippen LogP contribution is 2.46. The second-order valence-corrected chi connectivity index (χ2v) is 7.30. The first-order chi connectivity index (χ1) is 13.7. The van der Waals surface area contributed by atoms with Crippen molar-refractivity contribution in [3.63, 3.8) is 0 Å². The Hall–Kier alpha value is -2.69. The fourth-order valence-corrected chi connectivity index (χ4v) is 3.63. The summed E-state index contributed by atoms with van der Waals surface area (Å²) in [4.78, 5) is 6.62. The number of hydrogen-bond donors (Lipinski definition) is 1. The zero-order valence-electron chi connectivity index (χ0n) is 17.3. The smallest absolute Gasteiger partial charge is 0.193 e. The van der Waals surface area contributed by atoms with Gasteiger partial charge in [-0.2, -0.15) is 0 Å². The van der Waals surface area contributed by atoms with Crippen LogP contribution < -0.4 is 14.8 Å². The fraction of sp³-hybridized carbons (Fsp3) is 0.435. The van der Waals surface area contributed by atoms with Crippen LogP contribution in [0.2, 0.25) is 0 Å². The highest BCUT2D eigenvalue weighted by atomic mass is 16.5. The third kappa shape index (κ3) is 4.97. The number of aliphatic imine (C=N–C) groups is 1. The Kier molecular flexibility index (Phi) is 6.80. The SMILES string of the molecule is CN=C(NCC1CC1c1ccccc1)N(C)CCc1ccc(OC)c(OC)c1. The van der Waals surface area contributed by atoms with E-state index in [0.29, 0.717) is 11.8 Å². The topological polar surface area (TPSA) is 46.1 Å². The van der Waals surface area contributed by atoms with Crippen LogP contribution in [0.3, 0.4) is 0 Å². The average molecular weight is 382 g/mol. The van der Waals surface area contributed by atoms with Gasteiger partial charge in [-0.05, 0) is 47.9 Å². The maximum absolute atomic E-state index is 5.40. The van der Waals surface area contributed by atoms with E-state index >= 15 is 0 Å². The van der Waals surface area contributed by atoms with Gasteiger partial charge in [0, 0.05) is 27.2 Å². The molecule has 1 aliphatic rings. The molecule has 0 bridgehead atoms. The third-order valence-corrected chi connectivity index (χ3v) is 5.43. The minimum absolute atomic E-state index is 0.684. The van der Waals surface area contributed by atoms with Gasteiger partial charge in [0.2, 0.25) is 0 Å². The van der Waals surface area contributed by atoms with Crippen LogP contribution in [-0.2, 0) is 6.42 Å². The van der Waals surface area contributed by atoms with Gasteiger partial charge in [0.15, 0.2) is 17.5 Å². The van der Waals surface area contributed by atoms with E-state index in [4.69, 9.17) is 9.47 Å². The summed E-state index contributed by atoms with van der Waals surface area (Å²) < 4.78 is 10.7. The summed E-state index contributed by atoms with van der Waals surface area (Å²) >= 11 is 0. The van der Waals surface area contributed by atoms with Crippen molar-refractivity contribution in [2.24, 2.45) is 10.9 Å². The zero-order valence-corrected chi connectivity index (χ0v) is 17.3. The molecule has 2 unspecified atom stereocenters. The highest BCUT2D eigenvalue weighted by Gasteiger charge is 2.37. The molecule has 2 atom stereocenters. The zero-order chi connectivity index (χ0) is 19.9. The van der Waals surface area contributed by atoms with Gasteiger partial charge in [-0.3, -0.25) is 4.99 Å². The lowest BCUT2D eigenvalue weighted by atomic mass is 10.1. The van der Waals surface area contributed by atoms with Crippen molar-refractivity contribution in [2.75, 3.05) is 41.4 Å². The van der Waals surface area contributed by atoms with Crippen LogP contribution in [0.25, 0.3) is 0 Å². The first-order valence-electron chi connectivity index (χ1n) is 9.84. The van der Waals surface area contributed by atoms with Gasteiger partial charge in [0.25, 0.3) is 0 Å². The summed E-state index contributed by atoms with van der Waals surface area (Å²) in [5.41, 5.74) is 2.66. The molecule has 2 aromatic carbocycles. The summed E-state index contributed by atoms with van der Waals surface area (Å²) in [7, 11) is 7.25. The minimum Gasteiger partial charge on any atom is -0.493 e. The van der Waals surface area contributed by atoms with Crippen LogP contribution in [0.4, 0.5) is 0 Å². The molecular formula is C23H31N3O2. The maximum atomic E-state index is 5.40. The maximum Gasteiger partial charge on any atom is 0.193 e. The Morgan fingerprint density at radius 3 is 2.54 bits per heavy atom. The molecule has 5 nitrogen and oxygen atoms in total. The number of likely N-dealkylation sites (N-methyl/N-ethyl adjacent to an activating group) is 1. The largest absolute Gasteiger partial charge is 0.493 e. The van der Waals surface area contributed by atoms with E-state index in [0.717, 1.165) is 37.0 Å². The molecule has 1 aliphatic carbocycles. The van der Waals surface area contributed by atoms with Gasteiger partial charge in [-0.15, -0.1) is 0 Å². The molecule has 150 valence electrons. The number of hydrogen-bond acceptors (Lipinski definition) is 3. The minimum atomic E-state index is 0.684. The summed E-state index contributed by atoms with van der Waals surface area (Å²) in [6, 6.07) is 16.9. The predicted octanol–water partition coefficient (Wildman–Crippen LogP) is 3.56. The lowest BCUT2D eigenvalue weighted by Crippen LogP contribution is -2.40. The van der Waals surface area contributed by atoms with Crippen LogP contribution >= 0.6 is 0 Å². The van der Waals surface area contributed by atoms with E-state index in [1.54, 1.807) is 14.2 Å². The van der Waals surface area contributed by atoms with Gasteiger partial charge in [-0.1, -0.05) is 36.4 Å². The van der Waals surface area contributed by atoms with Crippen LogP contribution in [0.5, 0.6) is 11.5 Å². The molecule has 0 heterocycles. The molecule has 1 N–H and O–H groups in total. The third-order valence-electron chi connectivity index (χ3n) is 5.43. The van der Waals surface area contributed by atoms with Gasteiger partial charge >= 0.3 is 0 Å². The molecule has 5 heteroatoms. The van der Waals surface area contributed by atoms with E-state index in [2.05, 4.69) is 58.7 Å². The van der Waals surface area contributed by atoms with Crippen molar-refractivity contribution in [2.45, 2.75) is 18.8 Å². The normalized spacial score (nSPS) is 18.5. The second-order valence-electron chi connectivity index (χ2n) is 7.30. The second kappa shape index (κ2) is 9.49. The van der Waals surface area contributed by atoms with Crippen LogP contribution in [-0.4, -0.2) is 52.3 Å². The number of rotatable bonds is 8. The Labute approximate surface area is 168 Å². The molecule has 0 saturated heterocycles. The number of guanidine groups is 1. The molecule has 0 aromatic heterocycles. The molecule has 0 aliphatic heterocycles. The van der Waals surface area contributed by atoms with E-state index in [-0.39, 0.29) is 0 Å². The van der Waals surface area contributed by atoms with Crippen molar-refractivity contribution in [3.8, 4) is 11.5 Å². The summed E-state index contributed by atoms with van der Waals surface area (Å²) in [5, 5.41) is 3.54. The first kappa shape index (κ1) is 20.1. The molecule has 2 aromatic rings. The fourth-order valence-electron chi connectivity index (χ4n) is 3.63. The van der Waals surface area contributed by atoms with Crippen molar-refractivity contribution < 1.29 is 9.47 Å². The molecule has 3 rings (SSSR count). The van der Waals surface area contributed by atoms with Crippen LogP contribution in [0.15, 0.2) is 53.5 Å². The lowest BCUT2D eigenvalue weighted by Gasteiger charge is -2.22. The number of methoxy groups -OCH3 is 2. The standard InChI is InChI=1S/C23H31N3O2/c1-24-23(25-16-19-15-20(19)18-8-6-5-7-9-18)26(2)13-12-17-10-11-21(27-3)22(14-17)28-4/h5-11,14,19-20H,12-13,15-16H2,1-4H3,(H,24,25). The molecule has 0 amide bonds.